The van der Waals surface area contributed by atoms with Gasteiger partial charge in [0.25, 0.3) is 10.0 Å². The van der Waals surface area contributed by atoms with E-state index in [2.05, 4.69) is 14.9 Å². The number of thiophene rings is 1. The van der Waals surface area contributed by atoms with Crippen LogP contribution in [0.15, 0.2) is 40.7 Å². The molecule has 0 radical (unpaired) electrons. The molecule has 0 atom stereocenters. The van der Waals surface area contributed by atoms with Crippen LogP contribution in [0.25, 0.3) is 10.9 Å². The fraction of sp³-hybridized carbons (Fsp3) is 0. The van der Waals surface area contributed by atoms with E-state index < -0.39 is 16.0 Å². The van der Waals surface area contributed by atoms with E-state index >= 15 is 0 Å². The number of anilines is 1. The van der Waals surface area contributed by atoms with Gasteiger partial charge in [-0.25, -0.2) is 13.2 Å². The van der Waals surface area contributed by atoms with Crippen molar-refractivity contribution < 1.29 is 18.3 Å². The molecule has 2 heterocycles. The van der Waals surface area contributed by atoms with Crippen molar-refractivity contribution in [2.75, 3.05) is 4.72 Å². The molecule has 3 rings (SSSR count). The number of H-pyrrole nitrogens is 1. The summed E-state index contributed by atoms with van der Waals surface area (Å²) in [5.74, 6) is -1.16. The zero-order chi connectivity index (χ0) is 15.0. The van der Waals surface area contributed by atoms with Crippen molar-refractivity contribution in [1.29, 1.82) is 0 Å². The predicted molar refractivity (Wildman–Crippen MR) is 78.2 cm³/mol. The molecule has 7 nitrogen and oxygen atoms in total. The van der Waals surface area contributed by atoms with E-state index in [1.54, 1.807) is 24.4 Å². The van der Waals surface area contributed by atoms with Gasteiger partial charge in [-0.3, -0.25) is 9.82 Å². The Bertz CT molecular complexity index is 927. The fourth-order valence-electron chi connectivity index (χ4n) is 1.83. The van der Waals surface area contributed by atoms with Gasteiger partial charge in [-0.1, -0.05) is 12.1 Å². The number of sulfonamides is 1. The lowest BCUT2D eigenvalue weighted by Crippen LogP contribution is -2.11. The molecule has 0 saturated carbocycles. The molecule has 0 amide bonds. The van der Waals surface area contributed by atoms with Gasteiger partial charge in [0, 0.05) is 5.39 Å². The summed E-state index contributed by atoms with van der Waals surface area (Å²) in [5, 5.41) is 16.2. The van der Waals surface area contributed by atoms with Crippen LogP contribution < -0.4 is 4.72 Å². The summed E-state index contributed by atoms with van der Waals surface area (Å²) in [4.78, 5) is 10.8. The van der Waals surface area contributed by atoms with Crippen LogP contribution in [0.5, 0.6) is 0 Å². The predicted octanol–water partition coefficient (Wildman–Crippen LogP) is 2.12. The Morgan fingerprint density at radius 3 is 2.81 bits per heavy atom. The maximum Gasteiger partial charge on any atom is 0.345 e. The normalized spacial score (nSPS) is 11.6. The van der Waals surface area contributed by atoms with E-state index in [0.717, 1.165) is 5.39 Å². The molecule has 0 aliphatic rings. The lowest BCUT2D eigenvalue weighted by molar-refractivity contribution is 0.0702. The maximum atomic E-state index is 12.3. The third-order valence-corrected chi connectivity index (χ3v) is 5.71. The highest BCUT2D eigenvalue weighted by Crippen LogP contribution is 2.27. The van der Waals surface area contributed by atoms with Crippen LogP contribution in [-0.2, 0) is 10.0 Å². The number of fused-ring (bicyclic) bond motifs is 1. The summed E-state index contributed by atoms with van der Waals surface area (Å²) in [6, 6.07) is 7.63. The van der Waals surface area contributed by atoms with E-state index in [-0.39, 0.29) is 9.09 Å². The van der Waals surface area contributed by atoms with Gasteiger partial charge in [-0.05, 0) is 18.2 Å². The van der Waals surface area contributed by atoms with Crippen LogP contribution in [0.4, 0.5) is 5.69 Å². The summed E-state index contributed by atoms with van der Waals surface area (Å²) < 4.78 is 26.9. The van der Waals surface area contributed by atoms with Crippen molar-refractivity contribution >= 4 is 43.9 Å². The fourth-order valence-corrected chi connectivity index (χ4v) is 4.05. The van der Waals surface area contributed by atoms with Crippen LogP contribution >= 0.6 is 11.3 Å². The number of carbonyl (C=O) groups is 1. The summed E-state index contributed by atoms with van der Waals surface area (Å²) in [7, 11) is -3.84. The molecular weight excluding hydrogens is 314 g/mol. The number of hydrogen-bond donors (Lipinski definition) is 3. The maximum absolute atomic E-state index is 12.3. The van der Waals surface area contributed by atoms with Crippen LogP contribution in [0.3, 0.4) is 0 Å². The number of carboxylic acid groups (broad SMARTS) is 1. The second kappa shape index (κ2) is 4.86. The second-order valence-corrected chi connectivity index (χ2v) is 7.16. The van der Waals surface area contributed by atoms with Crippen molar-refractivity contribution in [1.82, 2.24) is 10.2 Å². The van der Waals surface area contributed by atoms with E-state index in [1.165, 1.54) is 12.1 Å². The molecule has 0 spiro atoms. The molecular formula is C12H9N3O4S2. The Kier molecular flexibility index (Phi) is 3.15. The lowest BCUT2D eigenvalue weighted by atomic mass is 10.2. The number of carboxylic acids is 1. The largest absolute Gasteiger partial charge is 0.477 e. The van der Waals surface area contributed by atoms with Crippen LogP contribution in [0.1, 0.15) is 9.67 Å². The van der Waals surface area contributed by atoms with Crippen LogP contribution in [0.2, 0.25) is 0 Å². The highest BCUT2D eigenvalue weighted by atomic mass is 32.2. The number of aromatic amines is 1. The number of nitrogens with one attached hydrogen (secondary N) is 2. The Hall–Kier alpha value is -2.39. The first-order valence-corrected chi connectivity index (χ1v) is 8.05. The molecule has 2 aromatic heterocycles. The van der Waals surface area contributed by atoms with Gasteiger partial charge in [0.2, 0.25) is 0 Å². The zero-order valence-electron chi connectivity index (χ0n) is 10.4. The Balaban J connectivity index is 1.99. The van der Waals surface area contributed by atoms with Gasteiger partial charge < -0.3 is 5.11 Å². The topological polar surface area (TPSA) is 112 Å². The third kappa shape index (κ3) is 2.48. The van der Waals surface area contributed by atoms with Crippen LogP contribution in [0, 0.1) is 0 Å². The highest BCUT2D eigenvalue weighted by Gasteiger charge is 2.20. The molecule has 0 unspecified atom stereocenters. The number of hydrogen-bond acceptors (Lipinski definition) is 5. The van der Waals surface area contributed by atoms with Crippen LogP contribution in [-0.4, -0.2) is 29.7 Å². The first-order chi connectivity index (χ1) is 9.97. The van der Waals surface area contributed by atoms with Crippen molar-refractivity contribution in [3.05, 3.63) is 41.4 Å². The minimum Gasteiger partial charge on any atom is -0.477 e. The molecule has 0 bridgehead atoms. The summed E-state index contributed by atoms with van der Waals surface area (Å²) in [6.07, 6.45) is 1.58. The Morgan fingerprint density at radius 2 is 2.10 bits per heavy atom. The quantitative estimate of drug-likeness (QED) is 0.681. The number of para-hydroxylation sites is 1. The number of benzene rings is 1. The number of aromatic carboxylic acids is 1. The number of rotatable bonds is 4. The standard InChI is InChI=1S/C12H9N3O4S2/c16-12(17)9-4-5-10(20-9)21(18,19)15-8-3-1-2-7-6-13-14-11(7)8/h1-6,15H,(H,13,14)(H,16,17). The average molecular weight is 323 g/mol. The minimum atomic E-state index is -3.84. The minimum absolute atomic E-state index is 0.0323. The summed E-state index contributed by atoms with van der Waals surface area (Å²) >= 11 is 0.699. The monoisotopic (exact) mass is 323 g/mol. The molecule has 3 N–H and O–H groups in total. The zero-order valence-corrected chi connectivity index (χ0v) is 12.0. The van der Waals surface area contributed by atoms with Gasteiger partial charge in [-0.2, -0.15) is 5.10 Å². The van der Waals surface area contributed by atoms with Gasteiger partial charge >= 0.3 is 5.97 Å². The molecule has 108 valence electrons. The number of aromatic nitrogens is 2. The first-order valence-electron chi connectivity index (χ1n) is 5.75. The third-order valence-electron chi connectivity index (χ3n) is 2.78. The Labute approximate surface area is 123 Å². The second-order valence-electron chi connectivity index (χ2n) is 4.17. The molecule has 1 aromatic carbocycles. The highest BCUT2D eigenvalue weighted by molar-refractivity contribution is 7.94. The molecule has 9 heteroatoms. The van der Waals surface area contributed by atoms with Gasteiger partial charge in [0.15, 0.2) is 0 Å². The summed E-state index contributed by atoms with van der Waals surface area (Å²) in [6.45, 7) is 0. The average Bonchev–Trinajstić information content (AvgIpc) is 3.08. The Morgan fingerprint density at radius 1 is 1.29 bits per heavy atom. The first kappa shape index (κ1) is 13.6. The number of nitrogens with zero attached hydrogens (tertiary/aromatic N) is 1. The van der Waals surface area contributed by atoms with Gasteiger partial charge in [0.1, 0.15) is 9.09 Å². The SMILES string of the molecule is O=C(O)c1ccc(S(=O)(=O)Nc2cccc3cn[nH]c23)s1. The van der Waals surface area contributed by atoms with Crippen molar-refractivity contribution in [2.45, 2.75) is 4.21 Å². The van der Waals surface area contributed by atoms with Crippen molar-refractivity contribution in [2.24, 2.45) is 0 Å². The molecule has 0 aliphatic carbocycles. The van der Waals surface area contributed by atoms with Gasteiger partial charge in [-0.15, -0.1) is 11.3 Å². The molecule has 3 aromatic rings. The van der Waals surface area contributed by atoms with E-state index in [1.807, 2.05) is 0 Å². The lowest BCUT2D eigenvalue weighted by Gasteiger charge is -2.06. The van der Waals surface area contributed by atoms with E-state index in [4.69, 9.17) is 5.11 Å². The molecule has 0 saturated heterocycles. The van der Waals surface area contributed by atoms with E-state index in [0.29, 0.717) is 22.5 Å². The van der Waals surface area contributed by atoms with Gasteiger partial charge in [0.05, 0.1) is 17.4 Å². The summed E-state index contributed by atoms with van der Waals surface area (Å²) in [5.41, 5.74) is 0.923. The molecule has 0 fully saturated rings. The smallest absolute Gasteiger partial charge is 0.345 e. The molecule has 21 heavy (non-hydrogen) atoms. The van der Waals surface area contributed by atoms with Crippen molar-refractivity contribution in [3.8, 4) is 0 Å². The van der Waals surface area contributed by atoms with Crippen molar-refractivity contribution in [3.63, 3.8) is 0 Å². The molecule has 0 aliphatic heterocycles. The van der Waals surface area contributed by atoms with E-state index in [9.17, 15) is 13.2 Å².